The summed E-state index contributed by atoms with van der Waals surface area (Å²) >= 11 is 7.79. The highest BCUT2D eigenvalue weighted by Gasteiger charge is 2.34. The van der Waals surface area contributed by atoms with Gasteiger partial charge in [0.05, 0.1) is 16.7 Å². The third kappa shape index (κ3) is 6.49. The second-order valence-electron chi connectivity index (χ2n) is 7.66. The molecule has 0 radical (unpaired) electrons. The summed E-state index contributed by atoms with van der Waals surface area (Å²) in [6.45, 7) is -0.0534. The van der Waals surface area contributed by atoms with E-state index in [0.29, 0.717) is 18.6 Å². The Balaban J connectivity index is 1.65. The molecule has 0 spiro atoms. The van der Waals surface area contributed by atoms with Gasteiger partial charge in [0.15, 0.2) is 9.84 Å². The Kier molecular flexibility index (Phi) is 8.42. The number of carbonyl (C=O) groups excluding carboxylic acids is 1. The number of nitriles is 1. The van der Waals surface area contributed by atoms with Crippen molar-refractivity contribution in [3.8, 4) is 6.07 Å². The van der Waals surface area contributed by atoms with Gasteiger partial charge in [-0.15, -0.1) is 11.8 Å². The minimum Gasteiger partial charge on any atom is -0.343 e. The lowest BCUT2D eigenvalue weighted by Crippen LogP contribution is -2.39. The first-order chi connectivity index (χ1) is 14.9. The average Bonchev–Trinajstić information content (AvgIpc) is 2.77. The summed E-state index contributed by atoms with van der Waals surface area (Å²) in [5.41, 5.74) is 1.03. The number of hydrogen-bond donors (Lipinski definition) is 1. The van der Waals surface area contributed by atoms with E-state index in [0.717, 1.165) is 28.3 Å². The van der Waals surface area contributed by atoms with Crippen molar-refractivity contribution in [3.63, 3.8) is 0 Å². The van der Waals surface area contributed by atoms with Crippen LogP contribution in [0.5, 0.6) is 0 Å². The molecule has 0 saturated heterocycles. The first-order valence-electron chi connectivity index (χ1n) is 10.2. The Morgan fingerprint density at radius 3 is 2.55 bits per heavy atom. The topological polar surface area (TPSA) is 87.0 Å². The Hall–Kier alpha value is -2.01. The fraction of sp³-hybridized carbons (Fsp3) is 0.391. The van der Waals surface area contributed by atoms with Gasteiger partial charge in [-0.2, -0.15) is 5.26 Å². The molecule has 1 N–H and O–H groups in total. The van der Waals surface area contributed by atoms with Crippen molar-refractivity contribution in [2.75, 3.05) is 12.3 Å². The highest BCUT2D eigenvalue weighted by molar-refractivity contribution is 7.98. The molecule has 0 heterocycles. The molecule has 1 aliphatic rings. The van der Waals surface area contributed by atoms with Crippen LogP contribution >= 0.6 is 23.4 Å². The van der Waals surface area contributed by atoms with Gasteiger partial charge in [-0.3, -0.25) is 4.79 Å². The maximum atomic E-state index is 13.0. The summed E-state index contributed by atoms with van der Waals surface area (Å²) in [4.78, 5) is 13.6. The summed E-state index contributed by atoms with van der Waals surface area (Å²) in [7, 11) is -3.51. The van der Waals surface area contributed by atoms with Gasteiger partial charge in [-0.25, -0.2) is 8.42 Å². The predicted octanol–water partition coefficient (Wildman–Crippen LogP) is 4.85. The van der Waals surface area contributed by atoms with Crippen molar-refractivity contribution in [3.05, 3.63) is 59.1 Å². The fourth-order valence-electron chi connectivity index (χ4n) is 3.91. The van der Waals surface area contributed by atoms with Crippen LogP contribution in [0.1, 0.15) is 31.2 Å². The molecule has 164 valence electrons. The van der Waals surface area contributed by atoms with Crippen LogP contribution in [0.15, 0.2) is 58.3 Å². The SMILES string of the molecule is N#CCNC(=O)[C@@H]1CCCC[C@H]1CS(=O)(=O)c1ccc(SCc2ccccc2Cl)cc1. The van der Waals surface area contributed by atoms with E-state index in [1.807, 2.05) is 42.5 Å². The van der Waals surface area contributed by atoms with Crippen LogP contribution in [0.25, 0.3) is 0 Å². The van der Waals surface area contributed by atoms with Gasteiger partial charge in [0.25, 0.3) is 0 Å². The van der Waals surface area contributed by atoms with Crippen LogP contribution in [0.2, 0.25) is 5.02 Å². The largest absolute Gasteiger partial charge is 0.343 e. The lowest BCUT2D eigenvalue weighted by Gasteiger charge is -2.30. The molecular formula is C23H25ClN2O3S2. The van der Waals surface area contributed by atoms with Crippen molar-refractivity contribution in [2.45, 2.75) is 41.2 Å². The van der Waals surface area contributed by atoms with Crippen LogP contribution in [-0.4, -0.2) is 26.6 Å². The summed E-state index contributed by atoms with van der Waals surface area (Å²) < 4.78 is 26.0. The third-order valence-corrected chi connectivity index (χ3v) is 8.84. The Morgan fingerprint density at radius 2 is 1.84 bits per heavy atom. The molecule has 1 aliphatic carbocycles. The summed E-state index contributed by atoms with van der Waals surface area (Å²) in [5, 5.41) is 12.0. The molecule has 0 bridgehead atoms. The molecule has 31 heavy (non-hydrogen) atoms. The number of carbonyl (C=O) groups is 1. The van der Waals surface area contributed by atoms with Crippen molar-refractivity contribution >= 4 is 39.1 Å². The lowest BCUT2D eigenvalue weighted by atomic mass is 9.80. The molecule has 0 aliphatic heterocycles. The van der Waals surface area contributed by atoms with E-state index in [1.165, 1.54) is 0 Å². The van der Waals surface area contributed by atoms with Crippen LogP contribution in [0, 0.1) is 23.2 Å². The molecule has 2 atom stereocenters. The highest BCUT2D eigenvalue weighted by atomic mass is 35.5. The normalized spacial score (nSPS) is 18.8. The molecule has 1 amide bonds. The maximum absolute atomic E-state index is 13.0. The second kappa shape index (κ2) is 11.0. The summed E-state index contributed by atoms with van der Waals surface area (Å²) in [6, 6.07) is 16.5. The second-order valence-corrected chi connectivity index (χ2v) is 11.2. The molecule has 2 aromatic carbocycles. The Bertz CT molecular complexity index is 1050. The van der Waals surface area contributed by atoms with E-state index in [9.17, 15) is 13.2 Å². The van der Waals surface area contributed by atoms with Gasteiger partial charge >= 0.3 is 0 Å². The van der Waals surface area contributed by atoms with E-state index in [1.54, 1.807) is 23.9 Å². The highest BCUT2D eigenvalue weighted by Crippen LogP contribution is 2.33. The van der Waals surface area contributed by atoms with E-state index in [-0.39, 0.29) is 34.9 Å². The summed E-state index contributed by atoms with van der Waals surface area (Å²) in [6.07, 6.45) is 3.18. The number of hydrogen-bond acceptors (Lipinski definition) is 5. The van der Waals surface area contributed by atoms with Gasteiger partial charge in [-0.1, -0.05) is 42.6 Å². The zero-order valence-corrected chi connectivity index (χ0v) is 19.5. The number of amides is 1. The van der Waals surface area contributed by atoms with Gasteiger partial charge in [0.1, 0.15) is 6.54 Å². The van der Waals surface area contributed by atoms with E-state index in [4.69, 9.17) is 16.9 Å². The van der Waals surface area contributed by atoms with Crippen molar-refractivity contribution in [1.29, 1.82) is 5.26 Å². The molecule has 8 heteroatoms. The van der Waals surface area contributed by atoms with Gasteiger partial charge in [0.2, 0.25) is 5.91 Å². The molecular weight excluding hydrogens is 452 g/mol. The summed E-state index contributed by atoms with van der Waals surface area (Å²) in [5.74, 6) is -0.154. The minimum atomic E-state index is -3.51. The van der Waals surface area contributed by atoms with Gasteiger partial charge in [-0.05, 0) is 54.7 Å². The van der Waals surface area contributed by atoms with Gasteiger partial charge < -0.3 is 5.32 Å². The quantitative estimate of drug-likeness (QED) is 0.434. The lowest BCUT2D eigenvalue weighted by molar-refractivity contribution is -0.127. The molecule has 2 aromatic rings. The molecule has 1 saturated carbocycles. The van der Waals surface area contributed by atoms with Crippen molar-refractivity contribution in [1.82, 2.24) is 5.32 Å². The molecule has 1 fully saturated rings. The van der Waals surface area contributed by atoms with Crippen LogP contribution in [-0.2, 0) is 20.4 Å². The third-order valence-electron chi connectivity index (χ3n) is 5.56. The van der Waals surface area contributed by atoms with Crippen LogP contribution in [0.3, 0.4) is 0 Å². The number of rotatable bonds is 8. The average molecular weight is 477 g/mol. The fourth-order valence-corrected chi connectivity index (χ4v) is 6.80. The van der Waals surface area contributed by atoms with Crippen molar-refractivity contribution in [2.24, 2.45) is 11.8 Å². The van der Waals surface area contributed by atoms with E-state index < -0.39 is 9.84 Å². The number of benzene rings is 2. The van der Waals surface area contributed by atoms with E-state index in [2.05, 4.69) is 5.32 Å². The molecule has 0 aromatic heterocycles. The first kappa shape index (κ1) is 23.6. The van der Waals surface area contributed by atoms with Crippen LogP contribution in [0.4, 0.5) is 0 Å². The molecule has 0 unspecified atom stereocenters. The van der Waals surface area contributed by atoms with E-state index >= 15 is 0 Å². The zero-order chi connectivity index (χ0) is 22.3. The Labute approximate surface area is 193 Å². The molecule has 3 rings (SSSR count). The number of halogens is 1. The molecule has 5 nitrogen and oxygen atoms in total. The standard InChI is InChI=1S/C23H25ClN2O3S2/c24-22-8-4-2-5-17(22)15-30-19-9-11-20(12-10-19)31(28,29)16-18-6-1-3-7-21(18)23(27)26-14-13-25/h2,4-5,8-12,18,21H,1,3,6-7,14-16H2,(H,26,27)/t18-,21+/m0/s1. The monoisotopic (exact) mass is 476 g/mol. The Morgan fingerprint density at radius 1 is 1.13 bits per heavy atom. The van der Waals surface area contributed by atoms with Gasteiger partial charge in [0, 0.05) is 21.6 Å². The maximum Gasteiger partial charge on any atom is 0.224 e. The number of sulfone groups is 1. The smallest absolute Gasteiger partial charge is 0.224 e. The predicted molar refractivity (Wildman–Crippen MR) is 124 cm³/mol. The number of nitrogens with zero attached hydrogens (tertiary/aromatic N) is 1. The zero-order valence-electron chi connectivity index (χ0n) is 17.1. The van der Waals surface area contributed by atoms with Crippen molar-refractivity contribution < 1.29 is 13.2 Å². The first-order valence-corrected chi connectivity index (χ1v) is 13.3. The minimum absolute atomic E-state index is 0.0518. The number of thioether (sulfide) groups is 1. The number of nitrogens with one attached hydrogen (secondary N) is 1. The van der Waals surface area contributed by atoms with Crippen LogP contribution < -0.4 is 5.32 Å².